The van der Waals surface area contributed by atoms with Crippen LogP contribution in [-0.2, 0) is 11.3 Å². The zero-order valence-corrected chi connectivity index (χ0v) is 17.8. The number of Topliss-reactive ketones (excluding diaryl/α,β-unsaturated/α-hetero) is 1. The van der Waals surface area contributed by atoms with Crippen molar-refractivity contribution in [2.24, 2.45) is 5.41 Å². The molecule has 0 aromatic heterocycles. The van der Waals surface area contributed by atoms with E-state index in [9.17, 15) is 4.79 Å². The van der Waals surface area contributed by atoms with Gasteiger partial charge in [-0.1, -0.05) is 46.8 Å². The molecule has 1 aromatic carbocycles. The fourth-order valence-corrected chi connectivity index (χ4v) is 3.35. The van der Waals surface area contributed by atoms with E-state index >= 15 is 0 Å². The van der Waals surface area contributed by atoms with E-state index < -0.39 is 0 Å². The topological polar surface area (TPSA) is 50.4 Å². The van der Waals surface area contributed by atoms with Crippen LogP contribution in [0.3, 0.4) is 0 Å². The fourth-order valence-electron chi connectivity index (χ4n) is 3.35. The average Bonchev–Trinajstić information content (AvgIpc) is 2.58. The van der Waals surface area contributed by atoms with Gasteiger partial charge in [-0.15, -0.1) is 0 Å². The molecule has 4 heteroatoms. The summed E-state index contributed by atoms with van der Waals surface area (Å²) in [7, 11) is 1.70. The summed E-state index contributed by atoms with van der Waals surface area (Å²) in [5.74, 6) is 1.42. The number of rotatable bonds is 7. The molecule has 0 saturated heterocycles. The number of carbonyl (C=O) groups is 1. The van der Waals surface area contributed by atoms with Crippen LogP contribution < -0.4 is 15.4 Å². The highest BCUT2D eigenvalue weighted by Crippen LogP contribution is 2.28. The van der Waals surface area contributed by atoms with E-state index in [2.05, 4.69) is 57.4 Å². The molecule has 0 radical (unpaired) electrons. The van der Waals surface area contributed by atoms with Gasteiger partial charge in [0.15, 0.2) is 5.78 Å². The first-order chi connectivity index (χ1) is 12.6. The van der Waals surface area contributed by atoms with Gasteiger partial charge in [-0.3, -0.25) is 10.1 Å². The number of dihydropyridines is 1. The van der Waals surface area contributed by atoms with E-state index in [1.165, 1.54) is 11.1 Å². The summed E-state index contributed by atoms with van der Waals surface area (Å²) < 4.78 is 5.37. The zero-order valence-electron chi connectivity index (χ0n) is 17.8. The summed E-state index contributed by atoms with van der Waals surface area (Å²) in [5.41, 5.74) is 4.47. The SMILES string of the molecule is COc1ccc(CNC2C=CC(C(C)=O)=C(CC(C)(C)C)N2)c(C(C)C)c1. The van der Waals surface area contributed by atoms with Crippen LogP contribution in [-0.4, -0.2) is 19.1 Å². The Morgan fingerprint density at radius 2 is 2.00 bits per heavy atom. The number of ether oxygens (including phenoxy) is 1. The Morgan fingerprint density at radius 3 is 2.56 bits per heavy atom. The molecule has 2 N–H and O–H groups in total. The van der Waals surface area contributed by atoms with E-state index in [-0.39, 0.29) is 17.4 Å². The molecule has 1 heterocycles. The normalized spacial score (nSPS) is 17.3. The Labute approximate surface area is 164 Å². The minimum Gasteiger partial charge on any atom is -0.497 e. The lowest BCUT2D eigenvalue weighted by molar-refractivity contribution is -0.113. The molecular formula is C23H34N2O2. The van der Waals surface area contributed by atoms with Crippen LogP contribution in [0.5, 0.6) is 5.75 Å². The maximum atomic E-state index is 12.0. The molecule has 0 amide bonds. The molecule has 4 nitrogen and oxygen atoms in total. The molecule has 0 fully saturated rings. The Kier molecular flexibility index (Phi) is 6.88. The van der Waals surface area contributed by atoms with Gasteiger partial charge >= 0.3 is 0 Å². The van der Waals surface area contributed by atoms with Crippen LogP contribution in [0, 0.1) is 5.41 Å². The molecule has 1 aromatic rings. The largest absolute Gasteiger partial charge is 0.497 e. The van der Waals surface area contributed by atoms with E-state index in [1.807, 2.05) is 18.2 Å². The van der Waals surface area contributed by atoms with E-state index in [0.29, 0.717) is 5.92 Å². The zero-order chi connectivity index (χ0) is 20.2. The van der Waals surface area contributed by atoms with Crippen molar-refractivity contribution >= 4 is 5.78 Å². The van der Waals surface area contributed by atoms with E-state index in [1.54, 1.807) is 14.0 Å². The quantitative estimate of drug-likeness (QED) is 0.732. The molecule has 0 saturated carbocycles. The van der Waals surface area contributed by atoms with Crippen LogP contribution in [0.15, 0.2) is 41.6 Å². The molecule has 0 bridgehead atoms. The van der Waals surface area contributed by atoms with Crippen LogP contribution in [0.1, 0.15) is 65.0 Å². The van der Waals surface area contributed by atoms with Gasteiger partial charge < -0.3 is 10.1 Å². The predicted molar refractivity (Wildman–Crippen MR) is 112 cm³/mol. The number of nitrogens with one attached hydrogen (secondary N) is 2. The first-order valence-electron chi connectivity index (χ1n) is 9.69. The van der Waals surface area contributed by atoms with Gasteiger partial charge in [0.25, 0.3) is 0 Å². The van der Waals surface area contributed by atoms with Gasteiger partial charge in [0.1, 0.15) is 5.75 Å². The van der Waals surface area contributed by atoms with Crippen molar-refractivity contribution in [1.82, 2.24) is 10.6 Å². The number of hydrogen-bond acceptors (Lipinski definition) is 4. The number of benzene rings is 1. The summed E-state index contributed by atoms with van der Waals surface area (Å²) >= 11 is 0. The van der Waals surface area contributed by atoms with E-state index in [0.717, 1.165) is 30.0 Å². The molecule has 0 spiro atoms. The van der Waals surface area contributed by atoms with Crippen LogP contribution in [0.2, 0.25) is 0 Å². The van der Waals surface area contributed by atoms with Gasteiger partial charge in [0.05, 0.1) is 13.3 Å². The number of allylic oxidation sites excluding steroid dienone is 3. The van der Waals surface area contributed by atoms with Crippen molar-refractivity contribution in [2.45, 2.75) is 66.6 Å². The second kappa shape index (κ2) is 8.75. The summed E-state index contributed by atoms with van der Waals surface area (Å²) in [5, 5.41) is 7.08. The molecule has 148 valence electrons. The molecular weight excluding hydrogens is 336 g/mol. The molecule has 1 aliphatic rings. The van der Waals surface area contributed by atoms with Crippen LogP contribution >= 0.6 is 0 Å². The van der Waals surface area contributed by atoms with Gasteiger partial charge in [0.2, 0.25) is 0 Å². The Bertz CT molecular complexity index is 739. The van der Waals surface area contributed by atoms with Crippen molar-refractivity contribution in [3.63, 3.8) is 0 Å². The standard InChI is InChI=1S/C23H34N2O2/c1-15(2)20-12-18(27-7)9-8-17(20)14-24-22-11-10-19(16(3)26)21(25-22)13-23(4,5)6/h8-12,15,22,24-25H,13-14H2,1-7H3. The maximum absolute atomic E-state index is 12.0. The monoisotopic (exact) mass is 370 g/mol. The van der Waals surface area contributed by atoms with Crippen molar-refractivity contribution < 1.29 is 9.53 Å². The average molecular weight is 371 g/mol. The number of methoxy groups -OCH3 is 1. The first-order valence-corrected chi connectivity index (χ1v) is 9.69. The Balaban J connectivity index is 2.12. The third-order valence-electron chi connectivity index (χ3n) is 4.68. The van der Waals surface area contributed by atoms with Crippen molar-refractivity contribution in [2.75, 3.05) is 7.11 Å². The van der Waals surface area contributed by atoms with Crippen molar-refractivity contribution in [1.29, 1.82) is 0 Å². The predicted octanol–water partition coefficient (Wildman–Crippen LogP) is 4.67. The summed E-state index contributed by atoms with van der Waals surface area (Å²) in [6, 6.07) is 6.25. The highest BCUT2D eigenvalue weighted by molar-refractivity contribution is 5.97. The van der Waals surface area contributed by atoms with Gasteiger partial charge in [0, 0.05) is 17.8 Å². The van der Waals surface area contributed by atoms with Gasteiger partial charge in [-0.05, 0) is 54.0 Å². The fraction of sp³-hybridized carbons (Fsp3) is 0.522. The lowest BCUT2D eigenvalue weighted by atomic mass is 9.87. The third-order valence-corrected chi connectivity index (χ3v) is 4.68. The second-order valence-electron chi connectivity index (χ2n) is 8.77. The van der Waals surface area contributed by atoms with E-state index in [4.69, 9.17) is 4.74 Å². The molecule has 0 aliphatic carbocycles. The highest BCUT2D eigenvalue weighted by atomic mass is 16.5. The smallest absolute Gasteiger partial charge is 0.161 e. The molecule has 1 aliphatic heterocycles. The number of ketones is 1. The minimum atomic E-state index is 0.00700. The minimum absolute atomic E-state index is 0.00700. The Hall–Kier alpha value is -2.07. The van der Waals surface area contributed by atoms with Crippen LogP contribution in [0.25, 0.3) is 0 Å². The molecule has 27 heavy (non-hydrogen) atoms. The molecule has 1 unspecified atom stereocenters. The van der Waals surface area contributed by atoms with Crippen molar-refractivity contribution in [3.05, 3.63) is 52.7 Å². The van der Waals surface area contributed by atoms with Crippen molar-refractivity contribution in [3.8, 4) is 5.75 Å². The summed E-state index contributed by atoms with van der Waals surface area (Å²) in [6.45, 7) is 13.3. The summed E-state index contributed by atoms with van der Waals surface area (Å²) in [6.07, 6.45) is 4.83. The molecule has 2 rings (SSSR count). The number of hydrogen-bond donors (Lipinski definition) is 2. The first kappa shape index (κ1) is 21.2. The maximum Gasteiger partial charge on any atom is 0.161 e. The lowest BCUT2D eigenvalue weighted by Gasteiger charge is -2.30. The highest BCUT2D eigenvalue weighted by Gasteiger charge is 2.22. The summed E-state index contributed by atoms with van der Waals surface area (Å²) in [4.78, 5) is 12.0. The lowest BCUT2D eigenvalue weighted by Crippen LogP contribution is -2.43. The molecule has 1 atom stereocenters. The Morgan fingerprint density at radius 1 is 1.30 bits per heavy atom. The number of carbonyl (C=O) groups excluding carboxylic acids is 1. The van der Waals surface area contributed by atoms with Crippen LogP contribution in [0.4, 0.5) is 0 Å². The van der Waals surface area contributed by atoms with Gasteiger partial charge in [-0.2, -0.15) is 0 Å². The second-order valence-corrected chi connectivity index (χ2v) is 8.77. The van der Waals surface area contributed by atoms with Gasteiger partial charge in [-0.25, -0.2) is 0 Å². The third kappa shape index (κ3) is 5.96.